The minimum Gasteiger partial charge on any atom is -0.496 e. The number of methoxy groups -OCH3 is 1. The first-order valence-electron chi connectivity index (χ1n) is 11.7. The van der Waals surface area contributed by atoms with Gasteiger partial charge >= 0.3 is 0 Å². The summed E-state index contributed by atoms with van der Waals surface area (Å²) < 4.78 is 13.5. The van der Waals surface area contributed by atoms with Crippen molar-refractivity contribution in [3.8, 4) is 11.5 Å². The molecule has 6 nitrogen and oxygen atoms in total. The third kappa shape index (κ3) is 5.57. The number of rotatable bonds is 11. The second-order valence-corrected chi connectivity index (χ2v) is 8.20. The molecule has 0 atom stereocenters. The Morgan fingerprint density at radius 2 is 1.68 bits per heavy atom. The Labute approximate surface area is 200 Å². The molecule has 1 aromatic heterocycles. The normalized spacial score (nSPS) is 10.9. The van der Waals surface area contributed by atoms with E-state index in [1.165, 1.54) is 0 Å². The van der Waals surface area contributed by atoms with Gasteiger partial charge in [-0.3, -0.25) is 4.79 Å². The average molecular weight is 458 g/mol. The summed E-state index contributed by atoms with van der Waals surface area (Å²) in [4.78, 5) is 17.4. The van der Waals surface area contributed by atoms with E-state index in [1.807, 2.05) is 48.5 Å². The predicted molar refractivity (Wildman–Crippen MR) is 135 cm³/mol. The maximum atomic E-state index is 12.5. The Bertz CT molecular complexity index is 1250. The van der Waals surface area contributed by atoms with Crippen LogP contribution in [0.1, 0.15) is 34.6 Å². The molecule has 0 radical (unpaired) electrons. The molecule has 0 aliphatic heterocycles. The number of aromatic nitrogens is 2. The van der Waals surface area contributed by atoms with Crippen LogP contribution in [0, 0.1) is 6.92 Å². The molecule has 34 heavy (non-hydrogen) atoms. The van der Waals surface area contributed by atoms with Crippen LogP contribution in [-0.4, -0.2) is 35.7 Å². The van der Waals surface area contributed by atoms with Gasteiger partial charge in [-0.25, -0.2) is 4.98 Å². The van der Waals surface area contributed by atoms with E-state index in [1.54, 1.807) is 19.2 Å². The van der Waals surface area contributed by atoms with Crippen molar-refractivity contribution in [1.82, 2.24) is 14.9 Å². The van der Waals surface area contributed by atoms with Gasteiger partial charge in [0.2, 0.25) is 0 Å². The molecular formula is C28H31N3O3. The molecule has 3 aromatic carbocycles. The van der Waals surface area contributed by atoms with Gasteiger partial charge in [-0.1, -0.05) is 42.5 Å². The van der Waals surface area contributed by atoms with Gasteiger partial charge in [-0.2, -0.15) is 0 Å². The van der Waals surface area contributed by atoms with Crippen molar-refractivity contribution in [3.05, 3.63) is 89.7 Å². The summed E-state index contributed by atoms with van der Waals surface area (Å²) in [7, 11) is 1.57. The van der Waals surface area contributed by atoms with Crippen LogP contribution in [0.15, 0.2) is 72.8 Å². The number of hydrogen-bond acceptors (Lipinski definition) is 4. The average Bonchev–Trinajstić information content (AvgIpc) is 3.22. The van der Waals surface area contributed by atoms with Crippen LogP contribution in [-0.2, 0) is 13.0 Å². The van der Waals surface area contributed by atoms with E-state index < -0.39 is 0 Å². The minimum absolute atomic E-state index is 0.126. The smallest absolute Gasteiger partial charge is 0.255 e. The van der Waals surface area contributed by atoms with Crippen molar-refractivity contribution in [2.45, 2.75) is 32.7 Å². The Hall–Kier alpha value is -3.80. The molecule has 4 aromatic rings. The quantitative estimate of drug-likeness (QED) is 0.315. The van der Waals surface area contributed by atoms with Crippen molar-refractivity contribution in [3.63, 3.8) is 0 Å². The van der Waals surface area contributed by atoms with Crippen LogP contribution < -0.4 is 14.8 Å². The van der Waals surface area contributed by atoms with Gasteiger partial charge in [0.05, 0.1) is 30.3 Å². The van der Waals surface area contributed by atoms with Gasteiger partial charge < -0.3 is 19.4 Å². The number of carbonyl (C=O) groups excluding carboxylic acids is 1. The highest BCUT2D eigenvalue weighted by Gasteiger charge is 2.13. The molecule has 176 valence electrons. The fraction of sp³-hybridized carbons (Fsp3) is 0.286. The minimum atomic E-state index is -0.126. The van der Waals surface area contributed by atoms with Gasteiger partial charge in [0.1, 0.15) is 17.3 Å². The largest absolute Gasteiger partial charge is 0.496 e. The van der Waals surface area contributed by atoms with Crippen LogP contribution >= 0.6 is 0 Å². The molecule has 0 aliphatic rings. The van der Waals surface area contributed by atoms with Crippen LogP contribution in [0.5, 0.6) is 11.5 Å². The van der Waals surface area contributed by atoms with Crippen LogP contribution in [0.3, 0.4) is 0 Å². The highest BCUT2D eigenvalue weighted by Crippen LogP contribution is 2.20. The van der Waals surface area contributed by atoms with Gasteiger partial charge in [-0.05, 0) is 55.7 Å². The number of imidazole rings is 1. The summed E-state index contributed by atoms with van der Waals surface area (Å²) in [5, 5.41) is 3.00. The van der Waals surface area contributed by atoms with E-state index in [2.05, 4.69) is 28.9 Å². The van der Waals surface area contributed by atoms with E-state index in [4.69, 9.17) is 14.5 Å². The molecule has 1 heterocycles. The fourth-order valence-electron chi connectivity index (χ4n) is 4.06. The van der Waals surface area contributed by atoms with Crippen molar-refractivity contribution in [1.29, 1.82) is 0 Å². The molecule has 6 heteroatoms. The summed E-state index contributed by atoms with van der Waals surface area (Å²) in [5.41, 5.74) is 3.82. The molecule has 1 amide bonds. The van der Waals surface area contributed by atoms with Crippen molar-refractivity contribution in [2.24, 2.45) is 0 Å². The first-order valence-corrected chi connectivity index (χ1v) is 11.7. The van der Waals surface area contributed by atoms with Gasteiger partial charge in [0.25, 0.3) is 5.91 Å². The number of nitrogens with one attached hydrogen (secondary N) is 1. The Kier molecular flexibility index (Phi) is 7.81. The Balaban J connectivity index is 1.34. The molecule has 0 bridgehead atoms. The second kappa shape index (κ2) is 11.4. The maximum Gasteiger partial charge on any atom is 0.255 e. The number of fused-ring (bicyclic) bond motifs is 1. The summed E-state index contributed by atoms with van der Waals surface area (Å²) >= 11 is 0. The molecule has 0 saturated heterocycles. The molecule has 1 N–H and O–H groups in total. The lowest BCUT2D eigenvalue weighted by Crippen LogP contribution is -2.25. The van der Waals surface area contributed by atoms with E-state index in [0.717, 1.165) is 54.0 Å². The predicted octanol–water partition coefficient (Wildman–Crippen LogP) is 5.19. The number of ether oxygens (including phenoxy) is 2. The summed E-state index contributed by atoms with van der Waals surface area (Å²) in [6.45, 7) is 4.10. The lowest BCUT2D eigenvalue weighted by Gasteiger charge is -2.12. The second-order valence-electron chi connectivity index (χ2n) is 8.20. The molecule has 0 saturated carbocycles. The van der Waals surface area contributed by atoms with Crippen LogP contribution in [0.2, 0.25) is 0 Å². The van der Waals surface area contributed by atoms with E-state index in [9.17, 15) is 4.79 Å². The monoisotopic (exact) mass is 457 g/mol. The maximum absolute atomic E-state index is 12.5. The Morgan fingerprint density at radius 1 is 0.941 bits per heavy atom. The third-order valence-electron chi connectivity index (χ3n) is 5.83. The highest BCUT2D eigenvalue weighted by molar-refractivity contribution is 5.96. The first-order chi connectivity index (χ1) is 16.7. The van der Waals surface area contributed by atoms with Crippen molar-refractivity contribution >= 4 is 16.9 Å². The number of para-hydroxylation sites is 4. The lowest BCUT2D eigenvalue weighted by atomic mass is 10.2. The summed E-state index contributed by atoms with van der Waals surface area (Å²) in [6, 6.07) is 23.5. The zero-order chi connectivity index (χ0) is 23.8. The number of amides is 1. The first kappa shape index (κ1) is 23.4. The fourth-order valence-corrected chi connectivity index (χ4v) is 4.06. The molecule has 0 spiro atoms. The third-order valence-corrected chi connectivity index (χ3v) is 5.83. The Morgan fingerprint density at radius 3 is 2.50 bits per heavy atom. The number of aryl methyl sites for hydroxylation is 3. The number of carbonyl (C=O) groups is 1. The van der Waals surface area contributed by atoms with Crippen molar-refractivity contribution < 1.29 is 14.3 Å². The molecule has 4 rings (SSSR count). The van der Waals surface area contributed by atoms with Crippen LogP contribution in [0.4, 0.5) is 0 Å². The van der Waals surface area contributed by atoms with E-state index >= 15 is 0 Å². The number of benzene rings is 3. The van der Waals surface area contributed by atoms with Gasteiger partial charge in [-0.15, -0.1) is 0 Å². The number of nitrogens with zero attached hydrogens (tertiary/aromatic N) is 2. The van der Waals surface area contributed by atoms with Crippen LogP contribution in [0.25, 0.3) is 11.0 Å². The SMILES string of the molecule is COc1ccccc1C(=O)NCCCc1nc2ccccc2n1CCCOc1ccccc1C. The molecular weight excluding hydrogens is 426 g/mol. The van der Waals surface area contributed by atoms with Gasteiger partial charge in [0.15, 0.2) is 0 Å². The summed E-state index contributed by atoms with van der Waals surface area (Å²) in [5.74, 6) is 2.42. The summed E-state index contributed by atoms with van der Waals surface area (Å²) in [6.07, 6.45) is 2.45. The zero-order valence-electron chi connectivity index (χ0n) is 19.8. The van der Waals surface area contributed by atoms with Crippen molar-refractivity contribution in [2.75, 3.05) is 20.3 Å². The van der Waals surface area contributed by atoms with E-state index in [-0.39, 0.29) is 5.91 Å². The highest BCUT2D eigenvalue weighted by atomic mass is 16.5. The molecule has 0 unspecified atom stereocenters. The standard InChI is InChI=1S/C28H31N3O3/c1-21-11-3-7-15-25(21)34-20-10-19-31-24-14-6-5-13-23(24)30-27(31)17-9-18-29-28(32)22-12-4-8-16-26(22)33-2/h3-8,11-16H,9-10,17-20H2,1-2H3,(H,29,32). The number of hydrogen-bond donors (Lipinski definition) is 1. The molecule has 0 fully saturated rings. The molecule has 0 aliphatic carbocycles. The zero-order valence-corrected chi connectivity index (χ0v) is 19.8. The van der Waals surface area contributed by atoms with Gasteiger partial charge in [0, 0.05) is 19.5 Å². The van der Waals surface area contributed by atoms with E-state index in [0.29, 0.717) is 24.5 Å². The lowest BCUT2D eigenvalue weighted by molar-refractivity contribution is 0.0950. The topological polar surface area (TPSA) is 65.4 Å².